The van der Waals surface area contributed by atoms with E-state index in [0.717, 1.165) is 11.1 Å². The van der Waals surface area contributed by atoms with Gasteiger partial charge in [0, 0.05) is 22.4 Å². The van der Waals surface area contributed by atoms with E-state index in [4.69, 9.17) is 0 Å². The Hall–Kier alpha value is -3.06. The Morgan fingerprint density at radius 1 is 0.867 bits per heavy atom. The van der Waals surface area contributed by atoms with Crippen LogP contribution in [0, 0.1) is 0 Å². The minimum absolute atomic E-state index is 0.0517. The summed E-state index contributed by atoms with van der Waals surface area (Å²) in [7, 11) is 0. The fraction of sp³-hybridized carbons (Fsp3) is 0.130. The normalized spacial score (nSPS) is 12.2. The van der Waals surface area contributed by atoms with Crippen molar-refractivity contribution in [2.75, 3.05) is 0 Å². The quantitative estimate of drug-likeness (QED) is 0.380. The van der Waals surface area contributed by atoms with Crippen LogP contribution in [0.4, 0.5) is 13.2 Å². The van der Waals surface area contributed by atoms with Crippen LogP contribution >= 0.6 is 11.8 Å². The summed E-state index contributed by atoms with van der Waals surface area (Å²) < 4.78 is 37.5. The lowest BCUT2D eigenvalue weighted by atomic mass is 10.0. The molecule has 0 aliphatic heterocycles. The van der Waals surface area contributed by atoms with Crippen molar-refractivity contribution in [1.29, 1.82) is 0 Å². The highest BCUT2D eigenvalue weighted by molar-refractivity contribution is 8.00. The molecule has 0 saturated carbocycles. The van der Waals surface area contributed by atoms with E-state index >= 15 is 0 Å². The number of aliphatic imine (C=N–C) groups is 1. The van der Waals surface area contributed by atoms with E-state index in [-0.39, 0.29) is 23.1 Å². The number of hydrogen-bond donors (Lipinski definition) is 1. The van der Waals surface area contributed by atoms with Gasteiger partial charge in [0.25, 0.3) is 0 Å². The smallest absolute Gasteiger partial charge is 0.446 e. The van der Waals surface area contributed by atoms with Crippen LogP contribution in [0.15, 0.2) is 94.8 Å². The molecular weight excluding hydrogens is 411 g/mol. The zero-order valence-corrected chi connectivity index (χ0v) is 16.5. The number of carboxylic acid groups (broad SMARTS) is 1. The van der Waals surface area contributed by atoms with Crippen molar-refractivity contribution in [3.8, 4) is 0 Å². The van der Waals surface area contributed by atoms with Gasteiger partial charge in [-0.15, -0.1) is 0 Å². The summed E-state index contributed by atoms with van der Waals surface area (Å²) >= 11 is -0.204. The van der Waals surface area contributed by atoms with Gasteiger partial charge in [0.2, 0.25) is 0 Å². The molecule has 0 aromatic heterocycles. The highest BCUT2D eigenvalue weighted by Crippen LogP contribution is 2.36. The number of rotatable bonds is 7. The molecule has 0 saturated heterocycles. The molecule has 3 aromatic rings. The molecule has 3 rings (SSSR count). The molecule has 0 heterocycles. The van der Waals surface area contributed by atoms with E-state index in [2.05, 4.69) is 4.99 Å². The number of aliphatic carboxylic acids is 1. The first-order valence-corrected chi connectivity index (χ1v) is 9.89. The van der Waals surface area contributed by atoms with Gasteiger partial charge in [-0.2, -0.15) is 13.2 Å². The topological polar surface area (TPSA) is 49.7 Å². The number of halogens is 3. The third-order valence-electron chi connectivity index (χ3n) is 4.25. The van der Waals surface area contributed by atoms with Gasteiger partial charge in [0.15, 0.2) is 6.04 Å². The van der Waals surface area contributed by atoms with Crippen molar-refractivity contribution >= 4 is 23.4 Å². The fourth-order valence-electron chi connectivity index (χ4n) is 2.90. The molecule has 0 fully saturated rings. The maximum atomic E-state index is 12.5. The molecule has 0 amide bonds. The fourth-order valence-corrected chi connectivity index (χ4v) is 3.44. The summed E-state index contributed by atoms with van der Waals surface area (Å²) in [5, 5.41) is 9.72. The van der Waals surface area contributed by atoms with Gasteiger partial charge in [-0.25, -0.2) is 4.79 Å². The molecule has 0 radical (unpaired) electrons. The van der Waals surface area contributed by atoms with Crippen LogP contribution in [0.1, 0.15) is 16.7 Å². The van der Waals surface area contributed by atoms with Crippen molar-refractivity contribution in [2.24, 2.45) is 4.99 Å². The Labute approximate surface area is 176 Å². The Morgan fingerprint density at radius 3 is 1.80 bits per heavy atom. The van der Waals surface area contributed by atoms with Gasteiger partial charge in [-0.05, 0) is 29.5 Å². The van der Waals surface area contributed by atoms with Gasteiger partial charge >= 0.3 is 11.5 Å². The average Bonchev–Trinajstić information content (AvgIpc) is 2.72. The van der Waals surface area contributed by atoms with Crippen LogP contribution in [-0.4, -0.2) is 28.3 Å². The van der Waals surface area contributed by atoms with Crippen LogP contribution < -0.4 is 0 Å². The number of carbonyl (C=O) groups is 1. The van der Waals surface area contributed by atoms with E-state index < -0.39 is 17.5 Å². The number of hydrogen-bond acceptors (Lipinski definition) is 3. The highest BCUT2D eigenvalue weighted by Gasteiger charge is 2.29. The zero-order valence-electron chi connectivity index (χ0n) is 15.7. The van der Waals surface area contributed by atoms with E-state index in [1.807, 2.05) is 60.7 Å². The van der Waals surface area contributed by atoms with Crippen LogP contribution in [0.3, 0.4) is 0 Å². The zero-order chi connectivity index (χ0) is 21.6. The molecule has 7 heteroatoms. The van der Waals surface area contributed by atoms with Crippen LogP contribution in [0.5, 0.6) is 0 Å². The lowest BCUT2D eigenvalue weighted by Gasteiger charge is -2.13. The van der Waals surface area contributed by atoms with Crippen molar-refractivity contribution in [3.63, 3.8) is 0 Å². The van der Waals surface area contributed by atoms with Crippen molar-refractivity contribution in [2.45, 2.75) is 22.9 Å². The third-order valence-corrected chi connectivity index (χ3v) is 4.99. The van der Waals surface area contributed by atoms with Crippen molar-refractivity contribution in [1.82, 2.24) is 0 Å². The van der Waals surface area contributed by atoms with E-state index in [1.54, 1.807) is 0 Å². The SMILES string of the molecule is O=C(O)C(Cc1ccc(SC(F)(F)F)cc1)N=C(c1ccccc1)c1ccccc1. The maximum Gasteiger partial charge on any atom is 0.446 e. The Kier molecular flexibility index (Phi) is 6.95. The largest absolute Gasteiger partial charge is 0.480 e. The van der Waals surface area contributed by atoms with Gasteiger partial charge in [-0.1, -0.05) is 72.8 Å². The summed E-state index contributed by atoms with van der Waals surface area (Å²) in [6.45, 7) is 0. The van der Waals surface area contributed by atoms with Crippen molar-refractivity contribution < 1.29 is 23.1 Å². The second-order valence-corrected chi connectivity index (χ2v) is 7.60. The number of thioether (sulfide) groups is 1. The molecule has 1 N–H and O–H groups in total. The minimum atomic E-state index is -4.37. The monoisotopic (exact) mass is 429 g/mol. The Bertz CT molecular complexity index is 963. The first kappa shape index (κ1) is 21.6. The molecule has 0 aliphatic carbocycles. The van der Waals surface area contributed by atoms with Crippen LogP contribution in [0.2, 0.25) is 0 Å². The number of alkyl halides is 3. The molecule has 0 aliphatic rings. The summed E-state index contributed by atoms with van der Waals surface area (Å²) in [6, 6.07) is 23.1. The average molecular weight is 429 g/mol. The second-order valence-electron chi connectivity index (χ2n) is 6.46. The molecule has 3 aromatic carbocycles. The van der Waals surface area contributed by atoms with E-state index in [0.29, 0.717) is 11.3 Å². The highest BCUT2D eigenvalue weighted by atomic mass is 32.2. The van der Waals surface area contributed by atoms with Gasteiger partial charge < -0.3 is 5.11 Å². The lowest BCUT2D eigenvalue weighted by Crippen LogP contribution is -2.23. The number of benzene rings is 3. The van der Waals surface area contributed by atoms with Gasteiger partial charge in [-0.3, -0.25) is 4.99 Å². The van der Waals surface area contributed by atoms with E-state index in [1.165, 1.54) is 24.3 Å². The van der Waals surface area contributed by atoms with Crippen molar-refractivity contribution in [3.05, 3.63) is 102 Å². The molecular formula is C23H18F3NO2S. The Morgan fingerprint density at radius 2 is 1.37 bits per heavy atom. The van der Waals surface area contributed by atoms with E-state index in [9.17, 15) is 23.1 Å². The Balaban J connectivity index is 1.90. The molecule has 1 atom stereocenters. The number of nitrogens with zero attached hydrogens (tertiary/aromatic N) is 1. The first-order valence-electron chi connectivity index (χ1n) is 9.08. The minimum Gasteiger partial charge on any atom is -0.480 e. The molecule has 1 unspecified atom stereocenters. The standard InChI is InChI=1S/C23H18F3NO2S/c24-23(25,26)30-19-13-11-16(12-14-19)15-20(22(28)29)27-21(17-7-3-1-4-8-17)18-9-5-2-6-10-18/h1-14,20H,15H2,(H,28,29). The van der Waals surface area contributed by atoms with Crippen LogP contribution in [0.25, 0.3) is 0 Å². The predicted octanol–water partition coefficient (Wildman–Crippen LogP) is 5.83. The molecule has 154 valence electrons. The summed E-state index contributed by atoms with van der Waals surface area (Å²) in [4.78, 5) is 16.5. The predicted molar refractivity (Wildman–Crippen MR) is 112 cm³/mol. The summed E-state index contributed by atoms with van der Waals surface area (Å²) in [6.07, 6.45) is 0.0649. The van der Waals surface area contributed by atoms with Gasteiger partial charge in [0.05, 0.1) is 5.71 Å². The second kappa shape index (κ2) is 9.63. The first-order chi connectivity index (χ1) is 14.3. The summed E-state index contributed by atoms with van der Waals surface area (Å²) in [5.41, 5.74) is -1.65. The van der Waals surface area contributed by atoms with Crippen LogP contribution in [-0.2, 0) is 11.2 Å². The molecule has 30 heavy (non-hydrogen) atoms. The summed E-state index contributed by atoms with van der Waals surface area (Å²) in [5.74, 6) is -1.10. The molecule has 0 spiro atoms. The molecule has 0 bridgehead atoms. The third kappa shape index (κ3) is 6.22. The maximum absolute atomic E-state index is 12.5. The number of carboxylic acids is 1. The lowest BCUT2D eigenvalue weighted by molar-refractivity contribution is -0.138. The van der Waals surface area contributed by atoms with Gasteiger partial charge in [0.1, 0.15) is 0 Å². The molecule has 3 nitrogen and oxygen atoms in total.